The molecule has 0 saturated heterocycles. The molecule has 2 rings (SSSR count). The summed E-state index contributed by atoms with van der Waals surface area (Å²) in [4.78, 5) is 4.47. The summed E-state index contributed by atoms with van der Waals surface area (Å²) < 4.78 is 11.1. The normalized spacial score (nSPS) is 13.8. The lowest BCUT2D eigenvalue weighted by molar-refractivity contribution is 0.00863. The van der Waals surface area contributed by atoms with Gasteiger partial charge in [-0.25, -0.2) is 4.98 Å². The van der Waals surface area contributed by atoms with Gasteiger partial charge in [0.2, 0.25) is 0 Å². The van der Waals surface area contributed by atoms with E-state index in [0.717, 1.165) is 36.4 Å². The van der Waals surface area contributed by atoms with E-state index in [9.17, 15) is 0 Å². The van der Waals surface area contributed by atoms with Gasteiger partial charge in [0.15, 0.2) is 11.5 Å². The van der Waals surface area contributed by atoms with Crippen LogP contribution in [0, 0.1) is 0 Å². The van der Waals surface area contributed by atoms with Gasteiger partial charge < -0.3 is 14.5 Å². The van der Waals surface area contributed by atoms with Crippen LogP contribution in [-0.4, -0.2) is 30.3 Å². The van der Waals surface area contributed by atoms with Crippen molar-refractivity contribution >= 4 is 11.1 Å². The van der Waals surface area contributed by atoms with E-state index in [4.69, 9.17) is 9.15 Å². The van der Waals surface area contributed by atoms with Crippen molar-refractivity contribution in [2.24, 2.45) is 0 Å². The minimum Gasteiger partial charge on any atom is -0.441 e. The van der Waals surface area contributed by atoms with Gasteiger partial charge in [0.1, 0.15) is 5.52 Å². The summed E-state index contributed by atoms with van der Waals surface area (Å²) in [6, 6.07) is 8.25. The molecule has 0 fully saturated rings. The van der Waals surface area contributed by atoms with Crippen LogP contribution < -0.4 is 5.32 Å². The highest BCUT2D eigenvalue weighted by Crippen LogP contribution is 2.16. The average molecular weight is 276 g/mol. The van der Waals surface area contributed by atoms with E-state index in [2.05, 4.69) is 31.1 Å². The second kappa shape index (κ2) is 6.37. The molecule has 110 valence electrons. The number of oxazole rings is 1. The minimum absolute atomic E-state index is 0.0932. The molecule has 0 amide bonds. The van der Waals surface area contributed by atoms with Crippen LogP contribution in [0.15, 0.2) is 28.7 Å². The lowest BCUT2D eigenvalue weighted by atomic mass is 10.00. The Morgan fingerprint density at radius 1 is 1.35 bits per heavy atom. The molecule has 4 nitrogen and oxygen atoms in total. The predicted octanol–water partition coefficient (Wildman–Crippen LogP) is 3.16. The maximum atomic E-state index is 5.70. The highest BCUT2D eigenvalue weighted by Gasteiger charge is 2.19. The third kappa shape index (κ3) is 4.05. The number of para-hydroxylation sites is 2. The van der Waals surface area contributed by atoms with Gasteiger partial charge in [0, 0.05) is 26.1 Å². The molecule has 0 bridgehead atoms. The first-order valence-electron chi connectivity index (χ1n) is 7.13. The lowest BCUT2D eigenvalue weighted by Crippen LogP contribution is -2.36. The van der Waals surface area contributed by atoms with Crippen LogP contribution >= 0.6 is 0 Å². The number of nitrogens with one attached hydrogen (secondary N) is 1. The summed E-state index contributed by atoms with van der Waals surface area (Å²) in [6.07, 6.45) is 1.77. The van der Waals surface area contributed by atoms with Gasteiger partial charge in [0.05, 0.1) is 5.60 Å². The molecule has 0 radical (unpaired) electrons. The molecule has 1 aromatic carbocycles. The molecular formula is C16H24N2O2. The van der Waals surface area contributed by atoms with Crippen molar-refractivity contribution in [2.75, 3.05) is 13.7 Å². The molecule has 1 aromatic heterocycles. The SMILES string of the molecule is COC(C)(C)C[C@H](C)NCCc1nc2ccccc2o1. The van der Waals surface area contributed by atoms with Gasteiger partial charge in [-0.15, -0.1) is 0 Å². The molecule has 0 spiro atoms. The Hall–Kier alpha value is -1.39. The van der Waals surface area contributed by atoms with Crippen molar-refractivity contribution < 1.29 is 9.15 Å². The maximum Gasteiger partial charge on any atom is 0.196 e. The first-order valence-corrected chi connectivity index (χ1v) is 7.13. The Balaban J connectivity index is 1.81. The third-order valence-electron chi connectivity index (χ3n) is 3.52. The molecule has 0 aliphatic rings. The number of hydrogen-bond donors (Lipinski definition) is 1. The quantitative estimate of drug-likeness (QED) is 0.844. The zero-order valence-corrected chi connectivity index (χ0v) is 12.8. The molecule has 20 heavy (non-hydrogen) atoms. The third-order valence-corrected chi connectivity index (χ3v) is 3.52. The largest absolute Gasteiger partial charge is 0.441 e. The highest BCUT2D eigenvalue weighted by molar-refractivity contribution is 5.72. The summed E-state index contributed by atoms with van der Waals surface area (Å²) in [7, 11) is 1.76. The Kier molecular flexibility index (Phi) is 4.78. The van der Waals surface area contributed by atoms with Crippen LogP contribution in [0.3, 0.4) is 0 Å². The van der Waals surface area contributed by atoms with Crippen LogP contribution in [-0.2, 0) is 11.2 Å². The zero-order valence-electron chi connectivity index (χ0n) is 12.8. The van der Waals surface area contributed by atoms with E-state index in [-0.39, 0.29) is 5.60 Å². The smallest absolute Gasteiger partial charge is 0.196 e. The van der Waals surface area contributed by atoms with Crippen molar-refractivity contribution in [1.82, 2.24) is 10.3 Å². The van der Waals surface area contributed by atoms with E-state index in [1.165, 1.54) is 0 Å². The van der Waals surface area contributed by atoms with Gasteiger partial charge in [-0.3, -0.25) is 0 Å². The van der Waals surface area contributed by atoms with E-state index in [1.54, 1.807) is 7.11 Å². The fourth-order valence-corrected chi connectivity index (χ4v) is 2.35. The fourth-order valence-electron chi connectivity index (χ4n) is 2.35. The molecule has 0 unspecified atom stereocenters. The Morgan fingerprint density at radius 2 is 2.10 bits per heavy atom. The van der Waals surface area contributed by atoms with Crippen molar-refractivity contribution in [3.8, 4) is 0 Å². The highest BCUT2D eigenvalue weighted by atomic mass is 16.5. The molecule has 0 saturated carbocycles. The van der Waals surface area contributed by atoms with Gasteiger partial charge in [-0.2, -0.15) is 0 Å². The first kappa shape index (κ1) is 15.0. The summed E-state index contributed by atoms with van der Waals surface area (Å²) in [5.74, 6) is 0.789. The zero-order chi connectivity index (χ0) is 14.6. The van der Waals surface area contributed by atoms with E-state index < -0.39 is 0 Å². The first-order chi connectivity index (χ1) is 9.50. The Morgan fingerprint density at radius 3 is 2.80 bits per heavy atom. The Bertz CT molecular complexity index is 515. The summed E-state index contributed by atoms with van der Waals surface area (Å²) in [6.45, 7) is 7.23. The molecule has 2 aromatic rings. The number of nitrogens with zero attached hydrogens (tertiary/aromatic N) is 1. The van der Waals surface area contributed by atoms with Crippen molar-refractivity contribution in [1.29, 1.82) is 0 Å². The standard InChI is InChI=1S/C16H24N2O2/c1-12(11-16(2,3)19-4)17-10-9-15-18-13-7-5-6-8-14(13)20-15/h5-8,12,17H,9-11H2,1-4H3/t12-/m0/s1. The number of benzene rings is 1. The van der Waals surface area contributed by atoms with Crippen LogP contribution in [0.4, 0.5) is 0 Å². The summed E-state index contributed by atoms with van der Waals surface area (Å²) in [5, 5.41) is 3.49. The molecule has 0 aliphatic carbocycles. The van der Waals surface area contributed by atoms with E-state index >= 15 is 0 Å². The van der Waals surface area contributed by atoms with Gasteiger partial charge in [-0.05, 0) is 39.3 Å². The second-order valence-electron chi connectivity index (χ2n) is 5.85. The van der Waals surface area contributed by atoms with Crippen LogP contribution in [0.2, 0.25) is 0 Å². The summed E-state index contributed by atoms with van der Waals surface area (Å²) in [5.41, 5.74) is 1.69. The molecular weight excluding hydrogens is 252 g/mol. The number of ether oxygens (including phenoxy) is 1. The topological polar surface area (TPSA) is 47.3 Å². The van der Waals surface area contributed by atoms with Crippen molar-refractivity contribution in [2.45, 2.75) is 45.3 Å². The number of fused-ring (bicyclic) bond motifs is 1. The van der Waals surface area contributed by atoms with Crippen LogP contribution in [0.25, 0.3) is 11.1 Å². The van der Waals surface area contributed by atoms with Gasteiger partial charge in [0.25, 0.3) is 0 Å². The predicted molar refractivity (Wildman–Crippen MR) is 80.9 cm³/mol. The molecule has 0 aliphatic heterocycles. The van der Waals surface area contributed by atoms with E-state index in [0.29, 0.717) is 6.04 Å². The minimum atomic E-state index is -0.0932. The van der Waals surface area contributed by atoms with Crippen LogP contribution in [0.5, 0.6) is 0 Å². The number of rotatable bonds is 7. The van der Waals surface area contributed by atoms with Crippen molar-refractivity contribution in [3.63, 3.8) is 0 Å². The second-order valence-corrected chi connectivity index (χ2v) is 5.85. The fraction of sp³-hybridized carbons (Fsp3) is 0.562. The molecule has 1 atom stereocenters. The monoisotopic (exact) mass is 276 g/mol. The van der Waals surface area contributed by atoms with Gasteiger partial charge in [-0.1, -0.05) is 12.1 Å². The van der Waals surface area contributed by atoms with E-state index in [1.807, 2.05) is 24.3 Å². The van der Waals surface area contributed by atoms with Crippen LogP contribution in [0.1, 0.15) is 33.1 Å². The lowest BCUT2D eigenvalue weighted by Gasteiger charge is -2.27. The summed E-state index contributed by atoms with van der Waals surface area (Å²) >= 11 is 0. The molecule has 1 heterocycles. The number of hydrogen-bond acceptors (Lipinski definition) is 4. The number of aromatic nitrogens is 1. The molecule has 4 heteroatoms. The average Bonchev–Trinajstić information content (AvgIpc) is 2.80. The Labute approximate surface area is 120 Å². The molecule has 1 N–H and O–H groups in total. The maximum absolute atomic E-state index is 5.70. The van der Waals surface area contributed by atoms with Crippen molar-refractivity contribution in [3.05, 3.63) is 30.2 Å². The van der Waals surface area contributed by atoms with Gasteiger partial charge >= 0.3 is 0 Å². The number of methoxy groups -OCH3 is 1.